The molecule has 0 aliphatic rings. The lowest BCUT2D eigenvalue weighted by Crippen LogP contribution is -2.29. The van der Waals surface area contributed by atoms with Crippen molar-refractivity contribution in [1.82, 2.24) is 15.2 Å². The van der Waals surface area contributed by atoms with Crippen molar-refractivity contribution in [2.45, 2.75) is 39.7 Å². The minimum atomic E-state index is -0.466. The molecule has 0 fully saturated rings. The summed E-state index contributed by atoms with van der Waals surface area (Å²) in [5.41, 5.74) is 3.31. The number of carbonyl (C=O) groups is 1. The number of hydrogen-bond acceptors (Lipinski definition) is 5. The smallest absolute Gasteiger partial charge is 0.292 e. The monoisotopic (exact) mass is 406 g/mol. The van der Waals surface area contributed by atoms with Crippen LogP contribution in [0.5, 0.6) is 5.75 Å². The predicted molar refractivity (Wildman–Crippen MR) is 118 cm³/mol. The predicted octanol–water partition coefficient (Wildman–Crippen LogP) is 3.75. The zero-order valence-corrected chi connectivity index (χ0v) is 17.3. The third kappa shape index (κ3) is 5.11. The molecule has 3 rings (SSSR count). The van der Waals surface area contributed by atoms with Crippen LogP contribution in [-0.2, 0) is 6.54 Å². The van der Waals surface area contributed by atoms with Crippen LogP contribution in [0.4, 0.5) is 0 Å². The highest BCUT2D eigenvalue weighted by Crippen LogP contribution is 2.14. The summed E-state index contributed by atoms with van der Waals surface area (Å²) in [7, 11) is 0. The molecular weight excluding hydrogens is 380 g/mol. The number of fused-ring (bicyclic) bond motifs is 1. The highest BCUT2D eigenvalue weighted by atomic mass is 16.5. The van der Waals surface area contributed by atoms with E-state index in [2.05, 4.69) is 22.5 Å². The number of amides is 1. The lowest BCUT2D eigenvalue weighted by atomic mass is 10.1. The van der Waals surface area contributed by atoms with Gasteiger partial charge in [-0.1, -0.05) is 38.5 Å². The first kappa shape index (κ1) is 21.2. The topological polar surface area (TPSA) is 85.6 Å². The summed E-state index contributed by atoms with van der Waals surface area (Å²) in [6.07, 6.45) is 4.40. The summed E-state index contributed by atoms with van der Waals surface area (Å²) in [4.78, 5) is 25.2. The Hall–Kier alpha value is -3.48. The van der Waals surface area contributed by atoms with Crippen molar-refractivity contribution in [2.24, 2.45) is 5.10 Å². The van der Waals surface area contributed by atoms with Gasteiger partial charge in [0, 0.05) is 11.9 Å². The zero-order chi connectivity index (χ0) is 21.3. The van der Waals surface area contributed by atoms with Gasteiger partial charge in [-0.3, -0.25) is 9.59 Å². The normalized spacial score (nSPS) is 11.1. The third-order valence-corrected chi connectivity index (χ3v) is 4.54. The van der Waals surface area contributed by atoms with Crippen molar-refractivity contribution in [2.75, 3.05) is 6.61 Å². The second-order valence-corrected chi connectivity index (χ2v) is 6.89. The van der Waals surface area contributed by atoms with Gasteiger partial charge in [0.25, 0.3) is 11.5 Å². The molecule has 0 bridgehead atoms. The SMILES string of the molecule is CCCCOc1ccc(/C=N/NC(=O)c2nn(CCC)c(=O)c3ccccc23)cc1. The molecule has 7 heteroatoms. The summed E-state index contributed by atoms with van der Waals surface area (Å²) >= 11 is 0. The van der Waals surface area contributed by atoms with E-state index >= 15 is 0 Å². The first-order valence-corrected chi connectivity index (χ1v) is 10.2. The van der Waals surface area contributed by atoms with Crippen molar-refractivity contribution in [3.63, 3.8) is 0 Å². The molecular formula is C23H26N4O3. The highest BCUT2D eigenvalue weighted by molar-refractivity contribution is 6.04. The van der Waals surface area contributed by atoms with Crippen LogP contribution in [0.1, 0.15) is 49.2 Å². The number of carbonyl (C=O) groups excluding carboxylic acids is 1. The summed E-state index contributed by atoms with van der Waals surface area (Å²) in [6.45, 7) is 5.21. The molecule has 0 aliphatic carbocycles. The maximum Gasteiger partial charge on any atom is 0.292 e. The van der Waals surface area contributed by atoms with Crippen LogP contribution in [-0.4, -0.2) is 28.5 Å². The summed E-state index contributed by atoms with van der Waals surface area (Å²) < 4.78 is 6.96. The molecule has 0 saturated carbocycles. The summed E-state index contributed by atoms with van der Waals surface area (Å²) in [5.74, 6) is 0.338. The maximum absolute atomic E-state index is 12.7. The van der Waals surface area contributed by atoms with E-state index in [-0.39, 0.29) is 11.3 Å². The molecule has 0 aliphatic heterocycles. The van der Waals surface area contributed by atoms with Gasteiger partial charge in [-0.05, 0) is 48.7 Å². The summed E-state index contributed by atoms with van der Waals surface area (Å²) in [6, 6.07) is 14.4. The number of benzene rings is 2. The van der Waals surface area contributed by atoms with Crippen molar-refractivity contribution in [3.05, 3.63) is 70.1 Å². The van der Waals surface area contributed by atoms with E-state index in [0.717, 1.165) is 30.6 Å². The molecule has 1 heterocycles. The molecule has 156 valence electrons. The average molecular weight is 406 g/mol. The molecule has 0 unspecified atom stereocenters. The van der Waals surface area contributed by atoms with Gasteiger partial charge in [-0.15, -0.1) is 0 Å². The molecule has 30 heavy (non-hydrogen) atoms. The van der Waals surface area contributed by atoms with Crippen molar-refractivity contribution in [1.29, 1.82) is 0 Å². The minimum Gasteiger partial charge on any atom is -0.494 e. The van der Waals surface area contributed by atoms with Crippen LogP contribution in [0.25, 0.3) is 10.8 Å². The lowest BCUT2D eigenvalue weighted by molar-refractivity contribution is 0.0949. The quantitative estimate of drug-likeness (QED) is 0.333. The Morgan fingerprint density at radius 1 is 1.10 bits per heavy atom. The Balaban J connectivity index is 1.74. The molecule has 1 N–H and O–H groups in total. The number of hydrazone groups is 1. The maximum atomic E-state index is 12.7. The van der Waals surface area contributed by atoms with Crippen LogP contribution >= 0.6 is 0 Å². The van der Waals surface area contributed by atoms with Gasteiger partial charge >= 0.3 is 0 Å². The number of ether oxygens (including phenoxy) is 1. The highest BCUT2D eigenvalue weighted by Gasteiger charge is 2.15. The Morgan fingerprint density at radius 2 is 1.83 bits per heavy atom. The van der Waals surface area contributed by atoms with E-state index in [4.69, 9.17) is 4.74 Å². The van der Waals surface area contributed by atoms with Crippen LogP contribution < -0.4 is 15.7 Å². The van der Waals surface area contributed by atoms with Gasteiger partial charge in [0.2, 0.25) is 0 Å². The van der Waals surface area contributed by atoms with Gasteiger partial charge in [0.1, 0.15) is 5.75 Å². The number of nitrogens with one attached hydrogen (secondary N) is 1. The zero-order valence-electron chi connectivity index (χ0n) is 17.3. The Morgan fingerprint density at radius 3 is 2.53 bits per heavy atom. The van der Waals surface area contributed by atoms with Gasteiger partial charge in [0.15, 0.2) is 5.69 Å². The van der Waals surface area contributed by atoms with Crippen LogP contribution in [0.2, 0.25) is 0 Å². The molecule has 0 spiro atoms. The molecule has 7 nitrogen and oxygen atoms in total. The van der Waals surface area contributed by atoms with Gasteiger partial charge < -0.3 is 4.74 Å². The van der Waals surface area contributed by atoms with E-state index in [1.807, 2.05) is 31.2 Å². The average Bonchev–Trinajstić information content (AvgIpc) is 2.77. The van der Waals surface area contributed by atoms with Gasteiger partial charge in [-0.2, -0.15) is 10.2 Å². The minimum absolute atomic E-state index is 0.176. The van der Waals surface area contributed by atoms with Crippen LogP contribution in [0.15, 0.2) is 58.4 Å². The van der Waals surface area contributed by atoms with Gasteiger partial charge in [-0.25, -0.2) is 10.1 Å². The molecule has 2 aromatic carbocycles. The number of hydrogen-bond donors (Lipinski definition) is 1. The van der Waals surface area contributed by atoms with Crippen molar-refractivity contribution < 1.29 is 9.53 Å². The lowest BCUT2D eigenvalue weighted by Gasteiger charge is -2.09. The number of rotatable bonds is 9. The fourth-order valence-electron chi connectivity index (χ4n) is 2.97. The third-order valence-electron chi connectivity index (χ3n) is 4.54. The molecule has 0 saturated heterocycles. The van der Waals surface area contributed by atoms with E-state index in [1.54, 1.807) is 30.5 Å². The first-order chi connectivity index (χ1) is 14.6. The Labute approximate surface area is 175 Å². The number of aromatic nitrogens is 2. The van der Waals surface area contributed by atoms with Crippen LogP contribution in [0.3, 0.4) is 0 Å². The molecule has 0 radical (unpaired) electrons. The number of nitrogens with zero attached hydrogens (tertiary/aromatic N) is 3. The van der Waals surface area contributed by atoms with Crippen molar-refractivity contribution in [3.8, 4) is 5.75 Å². The second-order valence-electron chi connectivity index (χ2n) is 6.89. The Kier molecular flexibility index (Phi) is 7.32. The second kappa shape index (κ2) is 10.3. The number of unbranched alkanes of at least 4 members (excludes halogenated alkanes) is 1. The summed E-state index contributed by atoms with van der Waals surface area (Å²) in [5, 5.41) is 9.28. The van der Waals surface area contributed by atoms with E-state index in [0.29, 0.717) is 23.9 Å². The van der Waals surface area contributed by atoms with E-state index in [9.17, 15) is 9.59 Å². The fraction of sp³-hybridized carbons (Fsp3) is 0.304. The van der Waals surface area contributed by atoms with E-state index < -0.39 is 5.91 Å². The molecule has 0 atom stereocenters. The van der Waals surface area contributed by atoms with Gasteiger partial charge in [0.05, 0.1) is 18.2 Å². The molecule has 1 amide bonds. The molecule has 3 aromatic rings. The standard InChI is InChI=1S/C23H26N4O3/c1-3-5-15-30-18-12-10-17(11-13-18)16-24-25-22(28)21-19-8-6-7-9-20(19)23(29)27(26-21)14-4-2/h6-13,16H,3-5,14-15H2,1-2H3,(H,25,28)/b24-16+. The fourth-order valence-corrected chi connectivity index (χ4v) is 2.97. The van der Waals surface area contributed by atoms with Crippen molar-refractivity contribution >= 4 is 22.9 Å². The number of aryl methyl sites for hydroxylation is 1. The molecule has 1 aromatic heterocycles. The first-order valence-electron chi connectivity index (χ1n) is 10.2. The largest absolute Gasteiger partial charge is 0.494 e. The van der Waals surface area contributed by atoms with E-state index in [1.165, 1.54) is 4.68 Å². The Bertz CT molecular complexity index is 1090. The van der Waals surface area contributed by atoms with Crippen LogP contribution in [0, 0.1) is 0 Å².